The molecule has 450 valence electrons. The molecule has 1 amide bonds. The number of hydrazone groups is 1. The molecule has 2 aliphatic heterocycles. The first kappa shape index (κ1) is 62.8. The van der Waals surface area contributed by atoms with Crippen molar-refractivity contribution in [3.05, 3.63) is 77.6 Å². The van der Waals surface area contributed by atoms with Gasteiger partial charge in [0.05, 0.1) is 93.8 Å². The number of rotatable bonds is 23. The highest BCUT2D eigenvalue weighted by Gasteiger charge is 2.43. The Labute approximate surface area is 495 Å². The van der Waals surface area contributed by atoms with Crippen molar-refractivity contribution in [2.24, 2.45) is 40.6 Å². The van der Waals surface area contributed by atoms with Crippen LogP contribution in [-0.2, 0) is 81.1 Å². The minimum Gasteiger partial charge on any atom is -0.465 e. The second-order valence-corrected chi connectivity index (χ2v) is 23.6. The molecule has 4 saturated carbocycles. The number of hydrogen-bond donors (Lipinski definition) is 0. The Balaban J connectivity index is 0.866. The van der Waals surface area contributed by atoms with Gasteiger partial charge in [-0.1, -0.05) is 54.9 Å². The maximum absolute atomic E-state index is 14.3. The van der Waals surface area contributed by atoms with Crippen LogP contribution in [0.5, 0.6) is 11.5 Å². The van der Waals surface area contributed by atoms with Crippen LogP contribution in [0.15, 0.2) is 92.5 Å². The zero-order valence-corrected chi connectivity index (χ0v) is 48.6. The highest BCUT2D eigenvalue weighted by atomic mass is 32.2. The third kappa shape index (κ3) is 16.5. The molecule has 0 radical (unpaired) electrons. The lowest BCUT2D eigenvalue weighted by Gasteiger charge is -2.30. The summed E-state index contributed by atoms with van der Waals surface area (Å²) < 4.78 is 50.3. The maximum Gasteiger partial charge on any atom is 0.359 e. The number of thioether (sulfide) groups is 2. The number of anilines is 1. The molecule has 0 spiro atoms. The summed E-state index contributed by atoms with van der Waals surface area (Å²) in [6.07, 6.45) is 9.15. The van der Waals surface area contributed by atoms with Crippen molar-refractivity contribution in [2.45, 2.75) is 144 Å². The lowest BCUT2D eigenvalue weighted by atomic mass is 9.82. The molecule has 23 heteroatoms. The Morgan fingerprint density at radius 1 is 0.512 bits per heavy atom. The number of ether oxygens (including phenoxy) is 9. The summed E-state index contributed by atoms with van der Waals surface area (Å²) in [6.45, 7) is 8.79. The van der Waals surface area contributed by atoms with Crippen LogP contribution in [0.25, 0.3) is 0 Å². The number of para-hydroxylation sites is 1. The summed E-state index contributed by atoms with van der Waals surface area (Å²) in [4.78, 5) is 131. The van der Waals surface area contributed by atoms with Crippen LogP contribution >= 0.6 is 23.5 Å². The van der Waals surface area contributed by atoms with Gasteiger partial charge in [-0.05, 0) is 134 Å². The molecule has 21 nitrogen and oxygen atoms in total. The van der Waals surface area contributed by atoms with Crippen LogP contribution in [0.1, 0.15) is 122 Å². The maximum atomic E-state index is 14.3. The Bertz CT molecular complexity index is 2730. The van der Waals surface area contributed by atoms with E-state index in [9.17, 15) is 47.9 Å². The Morgan fingerprint density at radius 2 is 0.893 bits per heavy atom. The van der Waals surface area contributed by atoms with E-state index in [1.807, 2.05) is 0 Å². The molecule has 0 aromatic heterocycles. The molecule has 2 aromatic carbocycles. The van der Waals surface area contributed by atoms with Crippen LogP contribution in [0.3, 0.4) is 0 Å². The molecule has 0 N–H and O–H groups in total. The van der Waals surface area contributed by atoms with Gasteiger partial charge in [-0.25, -0.2) is 14.4 Å². The molecule has 0 saturated heterocycles. The van der Waals surface area contributed by atoms with Gasteiger partial charge < -0.3 is 42.6 Å². The van der Waals surface area contributed by atoms with Crippen LogP contribution < -0.4 is 14.5 Å². The summed E-state index contributed by atoms with van der Waals surface area (Å²) in [6, 6.07) is 11.6. The fraction of sp³-hybridized carbons (Fsp3) is 0.525. The van der Waals surface area contributed by atoms with Gasteiger partial charge in [0.1, 0.15) is 23.7 Å². The molecule has 0 bridgehead atoms. The Morgan fingerprint density at radius 3 is 1.30 bits per heavy atom. The van der Waals surface area contributed by atoms with E-state index in [1.165, 1.54) is 12.1 Å². The average molecular weight is 1200 g/mol. The number of carbonyl (C=O) groups excluding carboxylic acids is 10. The predicted molar refractivity (Wildman–Crippen MR) is 302 cm³/mol. The first-order chi connectivity index (χ1) is 40.6. The topological polar surface area (TPSA) is 269 Å². The fourth-order valence-corrected chi connectivity index (χ4v) is 13.6. The number of esters is 9. The van der Waals surface area contributed by atoms with Crippen molar-refractivity contribution in [3.8, 4) is 11.5 Å². The molecule has 2 aromatic rings. The Kier molecular flexibility index (Phi) is 22.8. The number of fused-ring (bicyclic) bond motifs is 1. The molecule has 0 atom stereocenters. The zero-order valence-electron chi connectivity index (χ0n) is 47.0. The van der Waals surface area contributed by atoms with E-state index in [2.05, 4.69) is 18.3 Å². The summed E-state index contributed by atoms with van der Waals surface area (Å²) in [5, 5.41) is 5.53. The van der Waals surface area contributed by atoms with E-state index in [4.69, 9.17) is 42.6 Å². The molecule has 4 fully saturated rings. The van der Waals surface area contributed by atoms with E-state index in [1.54, 1.807) is 37.3 Å². The van der Waals surface area contributed by atoms with Gasteiger partial charge in [-0.3, -0.25) is 33.6 Å². The molecule has 6 aliphatic rings. The lowest BCUT2D eigenvalue weighted by Crippen LogP contribution is -2.33. The molecule has 84 heavy (non-hydrogen) atoms. The zero-order chi connectivity index (χ0) is 59.7. The summed E-state index contributed by atoms with van der Waals surface area (Å²) in [7, 11) is 0. The summed E-state index contributed by atoms with van der Waals surface area (Å²) in [5.74, 6) is -7.30. The lowest BCUT2D eigenvalue weighted by molar-refractivity contribution is -0.161. The first-order valence-electron chi connectivity index (χ1n) is 28.8. The van der Waals surface area contributed by atoms with E-state index in [-0.39, 0.29) is 104 Å². The number of benzene rings is 2. The monoisotopic (exact) mass is 1200 g/mol. The SMILES string of the molecule is C=CC(=O)OCCCOC(=O)C1CCC(OC(=O)C2CCC(C(=O)Oc3ccc(OC(=O)C4CCC(C(=O)OC5CCC(C(=O)OCCCOC(=O)C=C)CC5)CC4)c4c3SC(=C3C(=O)N(c5ccccc5)N=C3C(=O)OCC)S4)CC2)CC1. The number of hydrogen-bond acceptors (Lipinski definition) is 22. The second-order valence-electron chi connectivity index (χ2n) is 21.3. The Hall–Kier alpha value is -7.27. The third-order valence-corrected chi connectivity index (χ3v) is 18.3. The van der Waals surface area contributed by atoms with Gasteiger partial charge in [0.25, 0.3) is 5.91 Å². The van der Waals surface area contributed by atoms with Gasteiger partial charge in [0.2, 0.25) is 0 Å². The first-order valence-corrected chi connectivity index (χ1v) is 30.5. The smallest absolute Gasteiger partial charge is 0.359 e. The van der Waals surface area contributed by atoms with Crippen LogP contribution in [0, 0.1) is 35.5 Å². The summed E-state index contributed by atoms with van der Waals surface area (Å²) in [5.41, 5.74) is 0.132. The quantitative estimate of drug-likeness (QED) is 0.0330. The molecule has 4 aliphatic carbocycles. The van der Waals surface area contributed by atoms with Crippen LogP contribution in [0.2, 0.25) is 0 Å². The largest absolute Gasteiger partial charge is 0.465 e. The summed E-state index contributed by atoms with van der Waals surface area (Å²) >= 11 is 2.13. The molecule has 8 rings (SSSR count). The highest BCUT2D eigenvalue weighted by molar-refractivity contribution is 8.25. The molecule has 0 unspecified atom stereocenters. The van der Waals surface area contributed by atoms with Gasteiger partial charge in [-0.15, -0.1) is 0 Å². The normalized spacial score (nSPS) is 23.8. The number of amides is 1. The third-order valence-electron chi connectivity index (χ3n) is 15.6. The van der Waals surface area contributed by atoms with Gasteiger partial charge in [-0.2, -0.15) is 10.1 Å². The van der Waals surface area contributed by atoms with E-state index in [0.717, 1.165) is 40.7 Å². The molecular weight excluding hydrogens is 1130 g/mol. The van der Waals surface area contributed by atoms with Crippen molar-refractivity contribution in [3.63, 3.8) is 0 Å². The minimum absolute atomic E-state index is 0.0116. The van der Waals surface area contributed by atoms with E-state index in [0.29, 0.717) is 135 Å². The predicted octanol–water partition coefficient (Wildman–Crippen LogP) is 9.01. The van der Waals surface area contributed by atoms with Crippen molar-refractivity contribution >= 4 is 94.6 Å². The molecular formula is C61H70N2O19S2. The number of nitrogens with zero attached hydrogens (tertiary/aromatic N) is 2. The van der Waals surface area contributed by atoms with Gasteiger partial charge >= 0.3 is 53.7 Å². The van der Waals surface area contributed by atoms with Gasteiger partial charge in [0.15, 0.2) is 5.71 Å². The van der Waals surface area contributed by atoms with Gasteiger partial charge in [0, 0.05) is 25.0 Å². The number of carbonyl (C=O) groups is 10. The highest BCUT2D eigenvalue weighted by Crippen LogP contribution is 2.60. The van der Waals surface area contributed by atoms with Crippen molar-refractivity contribution in [1.29, 1.82) is 0 Å². The fourth-order valence-electron chi connectivity index (χ4n) is 10.9. The molecule has 2 heterocycles. The van der Waals surface area contributed by atoms with Crippen molar-refractivity contribution in [1.82, 2.24) is 0 Å². The van der Waals surface area contributed by atoms with Crippen LogP contribution in [-0.4, -0.2) is 111 Å². The van der Waals surface area contributed by atoms with Crippen molar-refractivity contribution in [2.75, 3.05) is 38.0 Å². The minimum atomic E-state index is -0.824. The van der Waals surface area contributed by atoms with E-state index < -0.39 is 59.4 Å². The second kappa shape index (κ2) is 30.5. The average Bonchev–Trinajstić information content (AvgIpc) is 4.30. The van der Waals surface area contributed by atoms with Crippen LogP contribution in [0.4, 0.5) is 5.69 Å². The van der Waals surface area contributed by atoms with Crippen molar-refractivity contribution < 1.29 is 90.6 Å². The van der Waals surface area contributed by atoms with E-state index >= 15 is 0 Å². The standard InChI is InChI=1S/C61H70N2O19S2/c1-4-47(64)75-32-10-34-77-54(67)36-22-26-43(27-23-36)79-56(69)38-14-18-40(19-15-38)58(71)81-45-30-31-46(52-51(45)83-61(84-52)49-50(60(73)74-6-3)62-63(53(49)66)42-12-8-7-9-13-42)82-59(72)41-20-16-39(17-21-41)57(70)80-44-28-24-37(25-29-44)55(68)78-35-11-33-76-48(65)5-2/h4-5,7-9,12-13,30-31,36-41,43-44H,1-2,6,10-11,14-29,32-35H2,3H3.